The number of aromatic nitrogens is 1. The first-order valence-electron chi connectivity index (χ1n) is 9.56. The van der Waals surface area contributed by atoms with Gasteiger partial charge in [-0.2, -0.15) is 0 Å². The minimum atomic E-state index is -3.76. The van der Waals surface area contributed by atoms with Gasteiger partial charge in [-0.15, -0.1) is 0 Å². The number of hydrogen-bond donors (Lipinski definition) is 2. The molecule has 0 saturated carbocycles. The normalized spacial score (nSPS) is 11.1. The van der Waals surface area contributed by atoms with Gasteiger partial charge in [0, 0.05) is 25.7 Å². The molecule has 1 aromatic heterocycles. The van der Waals surface area contributed by atoms with Crippen molar-refractivity contribution in [2.75, 3.05) is 6.54 Å². The molecule has 0 aliphatic heterocycles. The molecule has 7 nitrogen and oxygen atoms in total. The summed E-state index contributed by atoms with van der Waals surface area (Å²) in [5.41, 5.74) is 1.74. The van der Waals surface area contributed by atoms with E-state index in [2.05, 4.69) is 15.0 Å². The number of sulfonamides is 1. The highest BCUT2D eigenvalue weighted by molar-refractivity contribution is 7.89. The molecular weight excluding hydrogens is 438 g/mol. The zero-order chi connectivity index (χ0) is 22.1. The Morgan fingerprint density at radius 2 is 1.74 bits per heavy atom. The van der Waals surface area contributed by atoms with Crippen molar-refractivity contribution in [1.29, 1.82) is 0 Å². The van der Waals surface area contributed by atoms with Gasteiger partial charge in [0.2, 0.25) is 15.9 Å². The molecule has 0 unspecified atom stereocenters. The molecule has 1 amide bonds. The third-order valence-corrected chi connectivity index (χ3v) is 6.26. The van der Waals surface area contributed by atoms with E-state index in [1.807, 2.05) is 42.5 Å². The van der Waals surface area contributed by atoms with Crippen LogP contribution in [0, 0.1) is 0 Å². The van der Waals surface area contributed by atoms with Crippen LogP contribution >= 0.6 is 11.6 Å². The van der Waals surface area contributed by atoms with Gasteiger partial charge in [0.25, 0.3) is 0 Å². The van der Waals surface area contributed by atoms with Crippen molar-refractivity contribution in [2.24, 2.45) is 0 Å². The highest BCUT2D eigenvalue weighted by Gasteiger charge is 2.17. The van der Waals surface area contributed by atoms with Gasteiger partial charge in [-0.25, -0.2) is 13.1 Å². The van der Waals surface area contributed by atoms with E-state index >= 15 is 0 Å². The van der Waals surface area contributed by atoms with Crippen molar-refractivity contribution >= 4 is 27.5 Å². The van der Waals surface area contributed by atoms with E-state index in [4.69, 9.17) is 16.3 Å². The Kier molecular flexibility index (Phi) is 8.00. The first kappa shape index (κ1) is 22.7. The zero-order valence-electron chi connectivity index (χ0n) is 16.6. The summed E-state index contributed by atoms with van der Waals surface area (Å²) in [5, 5.41) is 2.89. The highest BCUT2D eigenvalue weighted by atomic mass is 35.5. The van der Waals surface area contributed by atoms with Crippen molar-refractivity contribution in [3.63, 3.8) is 0 Å². The third kappa shape index (κ3) is 7.06. The molecule has 0 aliphatic rings. The maximum absolute atomic E-state index is 12.2. The smallest absolute Gasteiger partial charge is 0.242 e. The number of amides is 1. The monoisotopic (exact) mass is 459 g/mol. The molecule has 0 aliphatic carbocycles. The van der Waals surface area contributed by atoms with Crippen molar-refractivity contribution in [3.05, 3.63) is 89.2 Å². The first-order valence-corrected chi connectivity index (χ1v) is 11.4. The SMILES string of the molecule is O=C(CCNS(=O)(=O)c1ccccc1Cl)NCc1ccc(OCc2ccccn2)cc1. The van der Waals surface area contributed by atoms with Crippen LogP contribution in [0.15, 0.2) is 77.8 Å². The summed E-state index contributed by atoms with van der Waals surface area (Å²) >= 11 is 5.92. The summed E-state index contributed by atoms with van der Waals surface area (Å²) in [6.45, 7) is 0.678. The molecule has 0 fully saturated rings. The maximum Gasteiger partial charge on any atom is 0.242 e. The molecule has 9 heteroatoms. The number of nitrogens with zero attached hydrogens (tertiary/aromatic N) is 1. The number of ether oxygens (including phenoxy) is 1. The van der Waals surface area contributed by atoms with Gasteiger partial charge in [0.1, 0.15) is 17.3 Å². The van der Waals surface area contributed by atoms with E-state index in [1.54, 1.807) is 18.3 Å². The van der Waals surface area contributed by atoms with Gasteiger partial charge in [-0.05, 0) is 42.0 Å². The number of halogens is 1. The quantitative estimate of drug-likeness (QED) is 0.484. The van der Waals surface area contributed by atoms with E-state index < -0.39 is 10.0 Å². The fraction of sp³-hybridized carbons (Fsp3) is 0.182. The van der Waals surface area contributed by atoms with Crippen LogP contribution in [0.25, 0.3) is 0 Å². The molecule has 0 spiro atoms. The Hall–Kier alpha value is -2.94. The highest BCUT2D eigenvalue weighted by Crippen LogP contribution is 2.20. The largest absolute Gasteiger partial charge is 0.487 e. The number of pyridine rings is 1. The molecule has 0 saturated heterocycles. The van der Waals surface area contributed by atoms with Crippen molar-refractivity contribution in [1.82, 2.24) is 15.0 Å². The van der Waals surface area contributed by atoms with Crippen LogP contribution in [0.5, 0.6) is 5.75 Å². The minimum absolute atomic E-state index is 0.00888. The van der Waals surface area contributed by atoms with Gasteiger partial charge in [-0.3, -0.25) is 9.78 Å². The van der Waals surface area contributed by atoms with Crippen LogP contribution in [0.4, 0.5) is 0 Å². The second-order valence-corrected chi connectivity index (χ2v) is 8.75. The number of rotatable bonds is 10. The molecule has 1 heterocycles. The van der Waals surface area contributed by atoms with Crippen LogP contribution in [0.2, 0.25) is 5.02 Å². The average Bonchev–Trinajstić information content (AvgIpc) is 2.78. The second-order valence-electron chi connectivity index (χ2n) is 6.61. The van der Waals surface area contributed by atoms with Crippen LogP contribution in [0.1, 0.15) is 17.7 Å². The minimum Gasteiger partial charge on any atom is -0.487 e. The van der Waals surface area contributed by atoms with Crippen molar-refractivity contribution < 1.29 is 17.9 Å². The Bertz CT molecular complexity index is 1110. The molecule has 3 aromatic rings. The molecule has 31 heavy (non-hydrogen) atoms. The lowest BCUT2D eigenvalue weighted by atomic mass is 10.2. The molecule has 0 atom stereocenters. The number of benzene rings is 2. The fourth-order valence-corrected chi connectivity index (χ4v) is 4.22. The number of carbonyl (C=O) groups excluding carboxylic acids is 1. The Morgan fingerprint density at radius 3 is 2.45 bits per heavy atom. The lowest BCUT2D eigenvalue weighted by Crippen LogP contribution is -2.30. The molecule has 162 valence electrons. The first-order chi connectivity index (χ1) is 14.9. The van der Waals surface area contributed by atoms with Crippen LogP contribution in [-0.2, 0) is 28.0 Å². The number of carbonyl (C=O) groups is 1. The van der Waals surface area contributed by atoms with E-state index in [1.165, 1.54) is 12.1 Å². The Morgan fingerprint density at radius 1 is 1.00 bits per heavy atom. The maximum atomic E-state index is 12.2. The van der Waals surface area contributed by atoms with Crippen molar-refractivity contribution in [3.8, 4) is 5.75 Å². The van der Waals surface area contributed by atoms with Gasteiger partial charge in [0.15, 0.2) is 0 Å². The predicted molar refractivity (Wildman–Crippen MR) is 118 cm³/mol. The standard InChI is InChI=1S/C22H22ClN3O4S/c23-20-6-1-2-7-21(20)31(28,29)26-14-12-22(27)25-15-17-8-10-19(11-9-17)30-16-18-5-3-4-13-24-18/h1-11,13,26H,12,14-16H2,(H,25,27). The summed E-state index contributed by atoms with van der Waals surface area (Å²) in [5.74, 6) is 0.437. The second kappa shape index (κ2) is 10.9. The van der Waals surface area contributed by atoms with Gasteiger partial charge < -0.3 is 10.1 Å². The van der Waals surface area contributed by atoms with Crippen LogP contribution < -0.4 is 14.8 Å². The summed E-state index contributed by atoms with van der Waals surface area (Å²) in [7, 11) is -3.76. The van der Waals surface area contributed by atoms with Crippen molar-refractivity contribution in [2.45, 2.75) is 24.5 Å². The van der Waals surface area contributed by atoms with Gasteiger partial charge >= 0.3 is 0 Å². The van der Waals surface area contributed by atoms with E-state index in [9.17, 15) is 13.2 Å². The summed E-state index contributed by atoms with van der Waals surface area (Å²) in [6.07, 6.45) is 1.72. The zero-order valence-corrected chi connectivity index (χ0v) is 18.2. The molecule has 2 N–H and O–H groups in total. The average molecular weight is 460 g/mol. The van der Waals surface area contributed by atoms with Crippen LogP contribution in [-0.4, -0.2) is 25.9 Å². The molecule has 2 aromatic carbocycles. The topological polar surface area (TPSA) is 97.4 Å². The summed E-state index contributed by atoms with van der Waals surface area (Å²) in [6, 6.07) is 19.1. The number of nitrogens with one attached hydrogen (secondary N) is 2. The predicted octanol–water partition coefficient (Wildman–Crippen LogP) is 3.30. The molecule has 3 rings (SSSR count). The number of hydrogen-bond acceptors (Lipinski definition) is 5. The van der Waals surface area contributed by atoms with Gasteiger partial charge in [0.05, 0.1) is 10.7 Å². The van der Waals surface area contributed by atoms with Crippen LogP contribution in [0.3, 0.4) is 0 Å². The molecular formula is C22H22ClN3O4S. The van der Waals surface area contributed by atoms with E-state index in [-0.39, 0.29) is 28.8 Å². The summed E-state index contributed by atoms with van der Waals surface area (Å²) < 4.78 is 32.6. The lowest BCUT2D eigenvalue weighted by molar-refractivity contribution is -0.121. The lowest BCUT2D eigenvalue weighted by Gasteiger charge is -2.09. The Labute approximate surface area is 186 Å². The third-order valence-electron chi connectivity index (χ3n) is 4.30. The van der Waals surface area contributed by atoms with E-state index in [0.717, 1.165) is 11.3 Å². The fourth-order valence-electron chi connectivity index (χ4n) is 2.67. The molecule has 0 bridgehead atoms. The van der Waals surface area contributed by atoms with E-state index in [0.29, 0.717) is 18.9 Å². The molecule has 0 radical (unpaired) electrons. The Balaban J connectivity index is 1.40. The van der Waals surface area contributed by atoms with Gasteiger partial charge in [-0.1, -0.05) is 41.9 Å². The summed E-state index contributed by atoms with van der Waals surface area (Å²) in [4.78, 5) is 16.2.